The topological polar surface area (TPSA) is 75.6 Å². The molecule has 0 aromatic heterocycles. The van der Waals surface area contributed by atoms with Crippen molar-refractivity contribution in [3.8, 4) is 0 Å². The molecule has 0 bridgehead atoms. The third-order valence-corrected chi connectivity index (χ3v) is 6.34. The molecule has 6 atom stereocenters. The van der Waals surface area contributed by atoms with Crippen LogP contribution in [-0.2, 0) is 48.2 Å². The van der Waals surface area contributed by atoms with Gasteiger partial charge in [-0.25, -0.2) is 0 Å². The summed E-state index contributed by atoms with van der Waals surface area (Å²) in [5.41, 5.74) is 3.03. The number of hydrogen-bond donors (Lipinski definition) is 1. The molecule has 0 spiro atoms. The van der Waals surface area contributed by atoms with Crippen LogP contribution >= 0.6 is 0 Å². The van der Waals surface area contributed by atoms with E-state index in [4.69, 9.17) is 28.4 Å². The summed E-state index contributed by atoms with van der Waals surface area (Å²) in [4.78, 5) is 0. The highest BCUT2D eigenvalue weighted by Crippen LogP contribution is 2.32. The van der Waals surface area contributed by atoms with Crippen molar-refractivity contribution >= 4 is 0 Å². The molecule has 3 aromatic carbocycles. The van der Waals surface area contributed by atoms with Gasteiger partial charge in [0.2, 0.25) is 0 Å². The van der Waals surface area contributed by atoms with Gasteiger partial charge in [0.05, 0.1) is 26.4 Å². The van der Waals surface area contributed by atoms with E-state index < -0.39 is 36.8 Å². The average molecular weight is 509 g/mol. The predicted molar refractivity (Wildman–Crippen MR) is 139 cm³/mol. The molecular weight excluding hydrogens is 472 g/mol. The highest BCUT2D eigenvalue weighted by molar-refractivity contribution is 5.15. The molecule has 4 rings (SSSR count). The summed E-state index contributed by atoms with van der Waals surface area (Å²) in [6, 6.07) is 29.7. The van der Waals surface area contributed by atoms with Gasteiger partial charge >= 0.3 is 0 Å². The molecule has 3 aromatic rings. The van der Waals surface area contributed by atoms with Crippen LogP contribution in [0.25, 0.3) is 0 Å². The standard InChI is InChI=1S/C30H36O7/c1-32-21-25(31)26-27(34-18-22-12-6-3-7-13-22)28(35-19-23-14-8-4-9-15-23)29(30(33-2)37-26)36-20-24-16-10-5-11-17-24/h3-17,25-31H,18-21H2,1-2H3/t25-,26+,27-,28-,29+,30-/m0/s1. The number of aliphatic hydroxyl groups excluding tert-OH is 1. The molecule has 37 heavy (non-hydrogen) atoms. The first-order valence-electron chi connectivity index (χ1n) is 12.5. The van der Waals surface area contributed by atoms with E-state index in [-0.39, 0.29) is 6.61 Å². The Morgan fingerprint density at radius 1 is 0.649 bits per heavy atom. The van der Waals surface area contributed by atoms with Gasteiger partial charge in [-0.05, 0) is 16.7 Å². The second-order valence-electron chi connectivity index (χ2n) is 9.01. The van der Waals surface area contributed by atoms with E-state index in [1.54, 1.807) is 7.11 Å². The molecule has 1 fully saturated rings. The molecule has 0 radical (unpaired) electrons. The fourth-order valence-corrected chi connectivity index (χ4v) is 4.46. The third-order valence-electron chi connectivity index (χ3n) is 6.34. The molecule has 0 aliphatic carbocycles. The molecule has 7 heteroatoms. The van der Waals surface area contributed by atoms with E-state index in [0.29, 0.717) is 19.8 Å². The van der Waals surface area contributed by atoms with E-state index in [9.17, 15) is 5.11 Å². The van der Waals surface area contributed by atoms with E-state index >= 15 is 0 Å². The van der Waals surface area contributed by atoms with Crippen LogP contribution in [0, 0.1) is 0 Å². The zero-order valence-corrected chi connectivity index (χ0v) is 21.3. The summed E-state index contributed by atoms with van der Waals surface area (Å²) >= 11 is 0. The normalized spacial score (nSPS) is 24.6. The molecule has 0 amide bonds. The van der Waals surface area contributed by atoms with Gasteiger partial charge < -0.3 is 33.5 Å². The minimum atomic E-state index is -0.957. The lowest BCUT2D eigenvalue weighted by atomic mass is 9.94. The lowest BCUT2D eigenvalue weighted by Crippen LogP contribution is -2.63. The highest BCUT2D eigenvalue weighted by Gasteiger charge is 2.50. The fourth-order valence-electron chi connectivity index (χ4n) is 4.46. The van der Waals surface area contributed by atoms with Crippen LogP contribution in [0.4, 0.5) is 0 Å². The maximum Gasteiger partial charge on any atom is 0.186 e. The monoisotopic (exact) mass is 508 g/mol. The van der Waals surface area contributed by atoms with Crippen LogP contribution in [0.15, 0.2) is 91.0 Å². The summed E-state index contributed by atoms with van der Waals surface area (Å²) in [5, 5.41) is 11.0. The average Bonchev–Trinajstić information content (AvgIpc) is 2.95. The lowest BCUT2D eigenvalue weighted by molar-refractivity contribution is -0.330. The van der Waals surface area contributed by atoms with Gasteiger partial charge in [-0.15, -0.1) is 0 Å². The number of ether oxygens (including phenoxy) is 6. The van der Waals surface area contributed by atoms with Crippen molar-refractivity contribution in [3.63, 3.8) is 0 Å². The van der Waals surface area contributed by atoms with Crippen LogP contribution in [0.5, 0.6) is 0 Å². The highest BCUT2D eigenvalue weighted by atomic mass is 16.7. The number of benzene rings is 3. The Balaban J connectivity index is 1.62. The number of hydrogen-bond acceptors (Lipinski definition) is 7. The first-order valence-corrected chi connectivity index (χ1v) is 12.5. The van der Waals surface area contributed by atoms with Gasteiger partial charge in [-0.1, -0.05) is 91.0 Å². The molecule has 7 nitrogen and oxygen atoms in total. The molecule has 1 saturated heterocycles. The predicted octanol–water partition coefficient (Wildman–Crippen LogP) is 4.12. The summed E-state index contributed by atoms with van der Waals surface area (Å²) < 4.78 is 36.5. The summed E-state index contributed by atoms with van der Waals surface area (Å²) in [5.74, 6) is 0. The SMILES string of the molecule is COC[C@H](O)[C@H]1O[C@H](OC)[C@H](OCc2ccccc2)[C@@H](OCc2ccccc2)[C@H]1OCc1ccccc1. The molecule has 1 aliphatic rings. The van der Waals surface area contributed by atoms with Crippen molar-refractivity contribution in [2.45, 2.75) is 56.6 Å². The van der Waals surface area contributed by atoms with E-state index in [1.165, 1.54) is 7.11 Å². The van der Waals surface area contributed by atoms with Crippen molar-refractivity contribution in [2.24, 2.45) is 0 Å². The van der Waals surface area contributed by atoms with Crippen LogP contribution < -0.4 is 0 Å². The molecule has 1 heterocycles. The van der Waals surface area contributed by atoms with E-state index in [0.717, 1.165) is 16.7 Å². The maximum absolute atomic E-state index is 11.0. The Bertz CT molecular complexity index is 1020. The first kappa shape index (κ1) is 27.4. The van der Waals surface area contributed by atoms with Gasteiger partial charge in [0, 0.05) is 14.2 Å². The summed E-state index contributed by atoms with van der Waals surface area (Å²) in [6.07, 6.45) is -4.35. The van der Waals surface area contributed by atoms with Crippen LogP contribution in [0.2, 0.25) is 0 Å². The van der Waals surface area contributed by atoms with Crippen LogP contribution in [0.1, 0.15) is 16.7 Å². The Hall–Kier alpha value is -2.62. The van der Waals surface area contributed by atoms with Crippen LogP contribution in [-0.4, -0.2) is 62.7 Å². The van der Waals surface area contributed by atoms with Crippen molar-refractivity contribution < 1.29 is 33.5 Å². The largest absolute Gasteiger partial charge is 0.388 e. The molecule has 198 valence electrons. The third kappa shape index (κ3) is 7.69. The number of aliphatic hydroxyl groups is 1. The Labute approximate surface area is 218 Å². The van der Waals surface area contributed by atoms with Crippen molar-refractivity contribution in [1.29, 1.82) is 0 Å². The second-order valence-corrected chi connectivity index (χ2v) is 9.01. The zero-order valence-electron chi connectivity index (χ0n) is 21.3. The lowest BCUT2D eigenvalue weighted by Gasteiger charge is -2.46. The Morgan fingerprint density at radius 3 is 1.51 bits per heavy atom. The molecule has 0 saturated carbocycles. The van der Waals surface area contributed by atoms with E-state index in [1.807, 2.05) is 91.0 Å². The van der Waals surface area contributed by atoms with Gasteiger partial charge in [-0.2, -0.15) is 0 Å². The minimum Gasteiger partial charge on any atom is -0.388 e. The summed E-state index contributed by atoms with van der Waals surface area (Å²) in [6.45, 7) is 1.08. The van der Waals surface area contributed by atoms with E-state index in [2.05, 4.69) is 0 Å². The molecule has 0 unspecified atom stereocenters. The molecular formula is C30H36O7. The number of methoxy groups -OCH3 is 2. The van der Waals surface area contributed by atoms with Gasteiger partial charge in [-0.3, -0.25) is 0 Å². The molecule has 1 N–H and O–H groups in total. The van der Waals surface area contributed by atoms with Gasteiger partial charge in [0.15, 0.2) is 6.29 Å². The number of rotatable bonds is 13. The zero-order chi connectivity index (χ0) is 25.9. The molecule has 1 aliphatic heterocycles. The first-order chi connectivity index (χ1) is 18.2. The smallest absolute Gasteiger partial charge is 0.186 e. The second kappa shape index (κ2) is 14.4. The fraction of sp³-hybridized carbons (Fsp3) is 0.400. The minimum absolute atomic E-state index is 0.0766. The quantitative estimate of drug-likeness (QED) is 0.372. The van der Waals surface area contributed by atoms with Crippen LogP contribution in [0.3, 0.4) is 0 Å². The van der Waals surface area contributed by atoms with Crippen molar-refractivity contribution in [2.75, 3.05) is 20.8 Å². The Kier molecular flexibility index (Phi) is 10.6. The Morgan fingerprint density at radius 2 is 1.08 bits per heavy atom. The van der Waals surface area contributed by atoms with Crippen molar-refractivity contribution in [1.82, 2.24) is 0 Å². The van der Waals surface area contributed by atoms with Gasteiger partial charge in [0.1, 0.15) is 30.5 Å². The summed E-state index contributed by atoms with van der Waals surface area (Å²) in [7, 11) is 3.09. The van der Waals surface area contributed by atoms with Crippen molar-refractivity contribution in [3.05, 3.63) is 108 Å². The van der Waals surface area contributed by atoms with Gasteiger partial charge in [0.25, 0.3) is 0 Å². The maximum atomic E-state index is 11.0.